The topological polar surface area (TPSA) is 42.3 Å². The van der Waals surface area contributed by atoms with Crippen molar-refractivity contribution in [2.45, 2.75) is 52.4 Å². The summed E-state index contributed by atoms with van der Waals surface area (Å²) in [5.41, 5.74) is 8.87. The molecule has 0 fully saturated rings. The summed E-state index contributed by atoms with van der Waals surface area (Å²) in [6.07, 6.45) is 1.91. The summed E-state index contributed by atoms with van der Waals surface area (Å²) in [6.45, 7) is 13.4. The fourth-order valence-corrected chi connectivity index (χ4v) is 6.99. The first-order chi connectivity index (χ1) is 24.0. The molecule has 0 saturated carbocycles. The molecule has 0 bridgehead atoms. The average Bonchev–Trinajstić information content (AvgIpc) is 3.42. The zero-order valence-corrected chi connectivity index (χ0v) is 31.6. The quantitative estimate of drug-likeness (QED) is 0.166. The van der Waals surface area contributed by atoms with Gasteiger partial charge in [-0.05, 0) is 17.0 Å². The van der Waals surface area contributed by atoms with Crippen molar-refractivity contribution in [3.05, 3.63) is 145 Å². The number of rotatable bonds is 8. The number of nitrogens with zero attached hydrogens (tertiary/aromatic N) is 3. The number of ether oxygens (including phenoxy) is 1. The Kier molecular flexibility index (Phi) is 8.96. The van der Waals surface area contributed by atoms with Crippen LogP contribution in [0.5, 0.6) is 11.5 Å². The summed E-state index contributed by atoms with van der Waals surface area (Å²) >= 11 is 2.29. The standard InChI is InChI=1S/C44H42N4O.Pt/c1-43(2,3)30-14-12-15-32(26-30)46-38-19-9-11-21-40(38)47(7)33-16-13-17-34(28-33)49-35-22-23-37-36-18-8-10-20-39(36)48(41(37)29-35)42-27-31(24-25-45-42)44(4,5)6;/h7-29,46H,1-6H3;. The van der Waals surface area contributed by atoms with E-state index in [-0.39, 0.29) is 10.8 Å². The summed E-state index contributed by atoms with van der Waals surface area (Å²) in [6, 6.07) is 44.4. The molecule has 7 aromatic rings. The molecule has 5 aromatic carbocycles. The molecule has 254 valence electrons. The van der Waals surface area contributed by atoms with Crippen LogP contribution in [0.1, 0.15) is 52.7 Å². The van der Waals surface area contributed by atoms with Crippen molar-refractivity contribution in [3.63, 3.8) is 0 Å². The van der Waals surface area contributed by atoms with Crippen molar-refractivity contribution < 1.29 is 24.1 Å². The molecule has 0 amide bonds. The van der Waals surface area contributed by atoms with E-state index in [2.05, 4.69) is 195 Å². The van der Waals surface area contributed by atoms with Crippen LogP contribution in [0.15, 0.2) is 134 Å². The van der Waals surface area contributed by atoms with Crippen molar-refractivity contribution >= 4 is 49.1 Å². The van der Waals surface area contributed by atoms with Gasteiger partial charge in [-0.2, -0.15) is 0 Å². The van der Waals surface area contributed by atoms with E-state index in [1.54, 1.807) is 0 Å². The first-order valence-electron chi connectivity index (χ1n) is 16.9. The SMILES string of the molecule is CC(C)(C)c1cccc(Nc2ccccc2N([CH]=[Pt])c2cccc(Oc3ccc4c5ccccc5n(-c5cc(C(C)(C)C)ccn5)c4c3)c2)c1. The Balaban J connectivity index is 1.23. The number of aromatic nitrogens is 2. The fraction of sp³-hybridized carbons (Fsp3) is 0.182. The number of benzene rings is 5. The molecule has 50 heavy (non-hydrogen) atoms. The van der Waals surface area contributed by atoms with E-state index in [0.717, 1.165) is 56.5 Å². The molecule has 5 nitrogen and oxygen atoms in total. The number of anilines is 4. The van der Waals surface area contributed by atoms with Crippen molar-refractivity contribution in [1.82, 2.24) is 9.55 Å². The number of nitrogens with one attached hydrogen (secondary N) is 1. The van der Waals surface area contributed by atoms with E-state index in [1.807, 2.05) is 18.3 Å². The molecule has 0 aliphatic heterocycles. The van der Waals surface area contributed by atoms with Crippen LogP contribution in [0.2, 0.25) is 0 Å². The molecule has 0 unspecified atom stereocenters. The van der Waals surface area contributed by atoms with Gasteiger partial charge < -0.3 is 0 Å². The molecule has 0 radical (unpaired) electrons. The third kappa shape index (κ3) is 6.75. The zero-order valence-electron chi connectivity index (χ0n) is 29.3. The molecule has 2 heterocycles. The van der Waals surface area contributed by atoms with Crippen LogP contribution < -0.4 is 15.0 Å². The minimum absolute atomic E-state index is 0.00690. The first kappa shape index (κ1) is 33.5. The predicted octanol–water partition coefficient (Wildman–Crippen LogP) is 11.8. The van der Waals surface area contributed by atoms with Crippen LogP contribution in [0.25, 0.3) is 27.6 Å². The number of pyridine rings is 1. The first-order valence-corrected chi connectivity index (χ1v) is 18.2. The van der Waals surface area contributed by atoms with Crippen LogP contribution in [-0.4, -0.2) is 14.1 Å². The van der Waals surface area contributed by atoms with Gasteiger partial charge in [0.05, 0.1) is 0 Å². The van der Waals surface area contributed by atoms with E-state index in [4.69, 9.17) is 9.72 Å². The van der Waals surface area contributed by atoms with Gasteiger partial charge in [-0.15, -0.1) is 0 Å². The second kappa shape index (κ2) is 13.4. The number of para-hydroxylation sites is 3. The zero-order chi connectivity index (χ0) is 35.0. The van der Waals surface area contributed by atoms with Gasteiger partial charge >= 0.3 is 251 Å². The second-order valence-electron chi connectivity index (χ2n) is 14.7. The van der Waals surface area contributed by atoms with Crippen molar-refractivity contribution in [2.24, 2.45) is 0 Å². The monoisotopic (exact) mass is 837 g/mol. The molecule has 7 rings (SSSR count). The van der Waals surface area contributed by atoms with Crippen LogP contribution in [0.3, 0.4) is 0 Å². The third-order valence-electron chi connectivity index (χ3n) is 9.07. The van der Waals surface area contributed by atoms with Gasteiger partial charge in [0.1, 0.15) is 0 Å². The van der Waals surface area contributed by atoms with Gasteiger partial charge in [-0.25, -0.2) is 0 Å². The van der Waals surface area contributed by atoms with Crippen molar-refractivity contribution in [3.8, 4) is 17.3 Å². The van der Waals surface area contributed by atoms with Gasteiger partial charge in [0.2, 0.25) is 0 Å². The molecule has 1 N–H and O–H groups in total. The van der Waals surface area contributed by atoms with Gasteiger partial charge in [-0.1, -0.05) is 32.9 Å². The molecule has 2 aromatic heterocycles. The molecule has 0 saturated heterocycles. The maximum atomic E-state index is 6.60. The normalized spacial score (nSPS) is 11.9. The van der Waals surface area contributed by atoms with E-state index in [1.165, 1.54) is 16.5 Å². The maximum absolute atomic E-state index is 6.60. The van der Waals surface area contributed by atoms with E-state index in [9.17, 15) is 0 Å². The Morgan fingerprint density at radius 1 is 0.660 bits per heavy atom. The van der Waals surface area contributed by atoms with Gasteiger partial charge in [0.15, 0.2) is 0 Å². The van der Waals surface area contributed by atoms with Gasteiger partial charge in [0.25, 0.3) is 0 Å². The van der Waals surface area contributed by atoms with E-state index < -0.39 is 0 Å². The average molecular weight is 838 g/mol. The number of hydrogen-bond acceptors (Lipinski definition) is 4. The number of hydrogen-bond donors (Lipinski definition) is 1. The Labute approximate surface area is 306 Å². The number of fused-ring (bicyclic) bond motifs is 3. The summed E-state index contributed by atoms with van der Waals surface area (Å²) in [7, 11) is 0. The van der Waals surface area contributed by atoms with Crippen LogP contribution >= 0.6 is 0 Å². The third-order valence-corrected chi connectivity index (χ3v) is 9.66. The molecular weight excluding hydrogens is 796 g/mol. The van der Waals surface area contributed by atoms with E-state index >= 15 is 0 Å². The Hall–Kier alpha value is -4.99. The van der Waals surface area contributed by atoms with E-state index in [0.29, 0.717) is 0 Å². The summed E-state index contributed by atoms with van der Waals surface area (Å²) in [5.74, 6) is 2.41. The molecule has 6 heteroatoms. The Morgan fingerprint density at radius 2 is 1.36 bits per heavy atom. The van der Waals surface area contributed by atoms with Crippen LogP contribution in [-0.2, 0) is 30.2 Å². The second-order valence-corrected chi connectivity index (χ2v) is 15.3. The molecule has 0 aliphatic carbocycles. The van der Waals surface area contributed by atoms with Crippen molar-refractivity contribution in [2.75, 3.05) is 10.2 Å². The Bertz CT molecular complexity index is 2340. The van der Waals surface area contributed by atoms with Crippen LogP contribution in [0.4, 0.5) is 22.7 Å². The molecule has 0 atom stereocenters. The molecule has 0 aliphatic rings. The summed E-state index contributed by atoms with van der Waals surface area (Å²) < 4.78 is 10.9. The van der Waals surface area contributed by atoms with Crippen molar-refractivity contribution in [1.29, 1.82) is 0 Å². The minimum atomic E-state index is 0.00690. The van der Waals surface area contributed by atoms with Crippen LogP contribution in [0, 0.1) is 0 Å². The summed E-state index contributed by atoms with van der Waals surface area (Å²) in [4.78, 5) is 7.01. The fourth-order valence-electron chi connectivity index (χ4n) is 6.34. The predicted molar refractivity (Wildman–Crippen MR) is 207 cm³/mol. The summed E-state index contributed by atoms with van der Waals surface area (Å²) in [5, 5.41) is 6.02. The Morgan fingerprint density at radius 3 is 2.16 bits per heavy atom. The molecular formula is C44H42N4OPt. The van der Waals surface area contributed by atoms with Gasteiger partial charge in [-0.3, -0.25) is 0 Å². The van der Waals surface area contributed by atoms with Gasteiger partial charge in [0, 0.05) is 6.20 Å². The molecule has 0 spiro atoms.